The fraction of sp³-hybridized carbons (Fsp3) is 0.579. The molecule has 0 radical (unpaired) electrons. The van der Waals surface area contributed by atoms with Crippen LogP contribution in [0.4, 0.5) is 5.69 Å². The number of hydrogen-bond donors (Lipinski definition) is 2. The molecule has 0 aliphatic carbocycles. The third kappa shape index (κ3) is 5.28. The van der Waals surface area contributed by atoms with Crippen molar-refractivity contribution in [3.05, 3.63) is 18.2 Å². The molecule has 26 heavy (non-hydrogen) atoms. The van der Waals surface area contributed by atoms with Crippen LogP contribution in [-0.2, 0) is 4.79 Å². The number of carbonyl (C=O) groups is 1. The van der Waals surface area contributed by atoms with Crippen LogP contribution in [0.15, 0.2) is 23.2 Å². The monoisotopic (exact) mass is 362 g/mol. The van der Waals surface area contributed by atoms with Crippen molar-refractivity contribution in [1.29, 1.82) is 0 Å². The number of methoxy groups -OCH3 is 2. The minimum absolute atomic E-state index is 0.200. The lowest BCUT2D eigenvalue weighted by atomic mass is 10.0. The molecule has 2 N–H and O–H groups in total. The van der Waals surface area contributed by atoms with Crippen molar-refractivity contribution in [1.82, 2.24) is 10.2 Å². The van der Waals surface area contributed by atoms with Crippen molar-refractivity contribution < 1.29 is 14.3 Å². The molecule has 0 aromatic heterocycles. The van der Waals surface area contributed by atoms with Crippen molar-refractivity contribution in [3.8, 4) is 11.5 Å². The maximum absolute atomic E-state index is 12.4. The Morgan fingerprint density at radius 1 is 1.27 bits per heavy atom. The van der Waals surface area contributed by atoms with Gasteiger partial charge in [-0.1, -0.05) is 0 Å². The number of hydrogen-bond acceptors (Lipinski definition) is 4. The summed E-state index contributed by atoms with van der Waals surface area (Å²) >= 11 is 0. The number of anilines is 1. The van der Waals surface area contributed by atoms with Gasteiger partial charge in [0.05, 0.1) is 14.2 Å². The Morgan fingerprint density at radius 3 is 2.69 bits per heavy atom. The van der Waals surface area contributed by atoms with E-state index >= 15 is 0 Å². The summed E-state index contributed by atoms with van der Waals surface area (Å²) in [5.74, 6) is 2.12. The van der Waals surface area contributed by atoms with E-state index in [-0.39, 0.29) is 5.91 Å². The lowest BCUT2D eigenvalue weighted by Crippen LogP contribution is -2.43. The Labute approximate surface area is 155 Å². The Kier molecular flexibility index (Phi) is 7.56. The molecule has 0 bridgehead atoms. The van der Waals surface area contributed by atoms with Gasteiger partial charge in [-0.3, -0.25) is 9.79 Å². The molecule has 1 aromatic rings. The SMILES string of the molecule is CN=C(NCCC(=O)N1CCCCC1C)Nc1ccc(OC)c(OC)c1. The Balaban J connectivity index is 1.85. The highest BCUT2D eigenvalue weighted by Gasteiger charge is 2.22. The average Bonchev–Trinajstić information content (AvgIpc) is 2.67. The summed E-state index contributed by atoms with van der Waals surface area (Å²) in [6.07, 6.45) is 3.87. The van der Waals surface area contributed by atoms with E-state index in [0.29, 0.717) is 36.5 Å². The molecular weight excluding hydrogens is 332 g/mol. The predicted molar refractivity (Wildman–Crippen MR) is 104 cm³/mol. The van der Waals surface area contributed by atoms with Crippen molar-refractivity contribution >= 4 is 17.6 Å². The lowest BCUT2D eigenvalue weighted by Gasteiger charge is -2.33. The zero-order valence-electron chi connectivity index (χ0n) is 16.2. The van der Waals surface area contributed by atoms with Crippen molar-refractivity contribution in [2.75, 3.05) is 39.7 Å². The van der Waals surface area contributed by atoms with Crippen LogP contribution >= 0.6 is 0 Å². The molecule has 0 saturated carbocycles. The first-order valence-corrected chi connectivity index (χ1v) is 9.08. The molecule has 144 valence electrons. The molecule has 0 spiro atoms. The maximum Gasteiger partial charge on any atom is 0.224 e. The first-order valence-electron chi connectivity index (χ1n) is 9.08. The lowest BCUT2D eigenvalue weighted by molar-refractivity contribution is -0.134. The van der Waals surface area contributed by atoms with E-state index in [1.807, 2.05) is 23.1 Å². The number of piperidine rings is 1. The Bertz CT molecular complexity index is 633. The standard InChI is InChI=1S/C19H30N4O3/c1-14-7-5-6-12-23(14)18(24)10-11-21-19(20-2)22-15-8-9-16(25-3)17(13-15)26-4/h8-9,13-14H,5-7,10-12H2,1-4H3,(H2,20,21,22). The van der Waals surface area contributed by atoms with E-state index in [9.17, 15) is 4.79 Å². The Morgan fingerprint density at radius 2 is 2.04 bits per heavy atom. The number of rotatable bonds is 6. The van der Waals surface area contributed by atoms with Crippen LogP contribution in [0, 0.1) is 0 Å². The number of likely N-dealkylation sites (tertiary alicyclic amines) is 1. The second kappa shape index (κ2) is 9.89. The van der Waals surface area contributed by atoms with Gasteiger partial charge in [0.25, 0.3) is 0 Å². The van der Waals surface area contributed by atoms with Gasteiger partial charge in [-0.25, -0.2) is 0 Å². The van der Waals surface area contributed by atoms with E-state index < -0.39 is 0 Å². The van der Waals surface area contributed by atoms with Gasteiger partial charge < -0.3 is 25.0 Å². The normalized spacial score (nSPS) is 17.6. The fourth-order valence-electron chi connectivity index (χ4n) is 3.13. The van der Waals surface area contributed by atoms with E-state index in [0.717, 1.165) is 25.1 Å². The molecule has 1 fully saturated rings. The van der Waals surface area contributed by atoms with E-state index in [1.165, 1.54) is 6.42 Å². The summed E-state index contributed by atoms with van der Waals surface area (Å²) in [5.41, 5.74) is 0.826. The van der Waals surface area contributed by atoms with Crippen LogP contribution in [0.1, 0.15) is 32.6 Å². The highest BCUT2D eigenvalue weighted by atomic mass is 16.5. The zero-order valence-corrected chi connectivity index (χ0v) is 16.2. The highest BCUT2D eigenvalue weighted by molar-refractivity contribution is 5.94. The molecular formula is C19H30N4O3. The van der Waals surface area contributed by atoms with E-state index in [1.54, 1.807) is 21.3 Å². The summed E-state index contributed by atoms with van der Waals surface area (Å²) in [6.45, 7) is 3.54. The maximum atomic E-state index is 12.4. The topological polar surface area (TPSA) is 75.2 Å². The smallest absolute Gasteiger partial charge is 0.224 e. The fourth-order valence-corrected chi connectivity index (χ4v) is 3.13. The van der Waals surface area contributed by atoms with Crippen molar-refractivity contribution in [3.63, 3.8) is 0 Å². The number of aliphatic imine (C=N–C) groups is 1. The second-order valence-electron chi connectivity index (χ2n) is 6.38. The van der Waals surface area contributed by atoms with E-state index in [2.05, 4.69) is 22.5 Å². The van der Waals surface area contributed by atoms with Crippen LogP contribution in [0.25, 0.3) is 0 Å². The molecule has 1 atom stereocenters. The third-order valence-electron chi connectivity index (χ3n) is 4.62. The van der Waals surface area contributed by atoms with E-state index in [4.69, 9.17) is 9.47 Å². The van der Waals surface area contributed by atoms with Crippen molar-refractivity contribution in [2.45, 2.75) is 38.6 Å². The predicted octanol–water partition coefficient (Wildman–Crippen LogP) is 2.48. The van der Waals surface area contributed by atoms with Gasteiger partial charge in [0.2, 0.25) is 5.91 Å². The number of amides is 1. The highest BCUT2D eigenvalue weighted by Crippen LogP contribution is 2.29. The molecule has 1 aromatic carbocycles. The molecule has 1 heterocycles. The van der Waals surface area contributed by atoms with Gasteiger partial charge in [-0.05, 0) is 38.3 Å². The molecule has 1 aliphatic heterocycles. The van der Waals surface area contributed by atoms with Crippen LogP contribution < -0.4 is 20.1 Å². The molecule has 1 amide bonds. The summed E-state index contributed by atoms with van der Waals surface area (Å²) in [7, 11) is 4.90. The number of ether oxygens (including phenoxy) is 2. The quantitative estimate of drug-likeness (QED) is 0.601. The summed E-state index contributed by atoms with van der Waals surface area (Å²) in [5, 5.41) is 6.38. The number of nitrogens with zero attached hydrogens (tertiary/aromatic N) is 2. The molecule has 1 unspecified atom stereocenters. The van der Waals surface area contributed by atoms with Crippen LogP contribution in [0.2, 0.25) is 0 Å². The van der Waals surface area contributed by atoms with Gasteiger partial charge in [0, 0.05) is 44.4 Å². The minimum Gasteiger partial charge on any atom is -0.493 e. The van der Waals surface area contributed by atoms with Gasteiger partial charge in [-0.15, -0.1) is 0 Å². The molecule has 2 rings (SSSR count). The zero-order chi connectivity index (χ0) is 18.9. The molecule has 1 aliphatic rings. The minimum atomic E-state index is 0.200. The molecule has 7 heteroatoms. The summed E-state index contributed by atoms with van der Waals surface area (Å²) in [6, 6.07) is 5.90. The van der Waals surface area contributed by atoms with Crippen LogP contribution in [0.3, 0.4) is 0 Å². The molecule has 1 saturated heterocycles. The van der Waals surface area contributed by atoms with Crippen LogP contribution in [0.5, 0.6) is 11.5 Å². The van der Waals surface area contributed by atoms with Crippen LogP contribution in [-0.4, -0.2) is 57.2 Å². The summed E-state index contributed by atoms with van der Waals surface area (Å²) < 4.78 is 10.5. The largest absolute Gasteiger partial charge is 0.493 e. The van der Waals surface area contributed by atoms with Gasteiger partial charge in [0.1, 0.15) is 0 Å². The average molecular weight is 362 g/mol. The van der Waals surface area contributed by atoms with Gasteiger partial charge >= 0.3 is 0 Å². The number of carbonyl (C=O) groups excluding carboxylic acids is 1. The third-order valence-corrected chi connectivity index (χ3v) is 4.62. The number of nitrogens with one attached hydrogen (secondary N) is 2. The second-order valence-corrected chi connectivity index (χ2v) is 6.38. The van der Waals surface area contributed by atoms with Crippen molar-refractivity contribution in [2.24, 2.45) is 4.99 Å². The summed E-state index contributed by atoms with van der Waals surface area (Å²) in [4.78, 5) is 18.6. The first-order chi connectivity index (χ1) is 12.6. The first kappa shape index (κ1) is 19.9. The Hall–Kier alpha value is -2.44. The van der Waals surface area contributed by atoms with Gasteiger partial charge in [-0.2, -0.15) is 0 Å². The van der Waals surface area contributed by atoms with Gasteiger partial charge in [0.15, 0.2) is 17.5 Å². The molecule has 7 nitrogen and oxygen atoms in total. The number of guanidine groups is 1. The number of benzene rings is 1.